The van der Waals surface area contributed by atoms with E-state index in [2.05, 4.69) is 31.9 Å². The third kappa shape index (κ3) is 13.3. The van der Waals surface area contributed by atoms with Gasteiger partial charge in [0.25, 0.3) is 0 Å². The second kappa shape index (κ2) is 20.7. The quantitative estimate of drug-likeness (QED) is 0.0558. The molecule has 340 valence electrons. The molecule has 0 aliphatic heterocycles. The summed E-state index contributed by atoms with van der Waals surface area (Å²) in [5.74, 6) is 0.125. The Labute approximate surface area is 384 Å². The van der Waals surface area contributed by atoms with Crippen molar-refractivity contribution in [1.82, 2.24) is 0 Å². The van der Waals surface area contributed by atoms with Gasteiger partial charge in [-0.1, -0.05) is 66.7 Å². The highest BCUT2D eigenvalue weighted by atomic mass is 32.2. The fourth-order valence-electron chi connectivity index (χ4n) is 5.96. The number of amides is 6. The van der Waals surface area contributed by atoms with Gasteiger partial charge in [0.2, 0.25) is 0 Å². The lowest BCUT2D eigenvalue weighted by atomic mass is 10.2. The molecule has 6 amide bonds. The molecule has 0 fully saturated rings. The fraction of sp³-hybridized carbons (Fsp3) is 0.0213. The third-order valence-electron chi connectivity index (χ3n) is 8.99. The molecule has 20 heteroatoms. The van der Waals surface area contributed by atoms with E-state index in [1.54, 1.807) is 79.7 Å². The van der Waals surface area contributed by atoms with Crippen molar-refractivity contribution in [3.63, 3.8) is 0 Å². The van der Waals surface area contributed by atoms with Crippen molar-refractivity contribution in [2.75, 3.05) is 31.9 Å². The van der Waals surface area contributed by atoms with Crippen molar-refractivity contribution < 1.29 is 53.9 Å². The molecule has 0 aliphatic rings. The van der Waals surface area contributed by atoms with E-state index >= 15 is 0 Å². The third-order valence-corrected chi connectivity index (χ3v) is 11.5. The summed E-state index contributed by atoms with van der Waals surface area (Å²) < 4.78 is 71.8. The number of benzene rings is 7. The van der Waals surface area contributed by atoms with Gasteiger partial charge in [-0.25, -0.2) is 19.2 Å². The van der Waals surface area contributed by atoms with E-state index in [9.17, 15) is 36.0 Å². The molecule has 18 nitrogen and oxygen atoms in total. The van der Waals surface area contributed by atoms with Crippen LogP contribution in [-0.2, 0) is 20.2 Å². The summed E-state index contributed by atoms with van der Waals surface area (Å²) in [5, 5.41) is 15.6. The van der Waals surface area contributed by atoms with E-state index in [1.807, 2.05) is 0 Å². The maximum Gasteiger partial charge on any atom is 0.417 e. The van der Waals surface area contributed by atoms with Gasteiger partial charge >= 0.3 is 44.5 Å². The molecular formula is C47H38N6O12S2. The smallest absolute Gasteiger partial charge is 0.410 e. The number of carbonyl (C=O) groups is 4. The highest BCUT2D eigenvalue weighted by Crippen LogP contribution is 2.27. The number of rotatable bonds is 14. The molecule has 67 heavy (non-hydrogen) atoms. The molecule has 7 aromatic rings. The Bertz CT molecular complexity index is 3180. The molecule has 7 aromatic carbocycles. The molecule has 0 aliphatic carbocycles. The van der Waals surface area contributed by atoms with E-state index in [0.29, 0.717) is 11.3 Å². The van der Waals surface area contributed by atoms with Gasteiger partial charge in [-0.2, -0.15) is 16.8 Å². The fourth-order valence-corrected chi connectivity index (χ4v) is 7.85. The molecule has 0 aromatic heterocycles. The summed E-state index contributed by atoms with van der Waals surface area (Å²) >= 11 is 0. The molecule has 0 saturated heterocycles. The van der Waals surface area contributed by atoms with Crippen LogP contribution >= 0.6 is 0 Å². The Morgan fingerprint density at radius 3 is 1.15 bits per heavy atom. The van der Waals surface area contributed by atoms with Crippen LogP contribution in [0.1, 0.15) is 5.56 Å². The molecule has 0 unspecified atom stereocenters. The lowest BCUT2D eigenvalue weighted by molar-refractivity contribution is 0.214. The number of anilines is 6. The number of nitrogens with one attached hydrogen (secondary N) is 6. The number of ether oxygens (including phenoxy) is 2. The van der Waals surface area contributed by atoms with E-state index in [4.69, 9.17) is 17.8 Å². The summed E-state index contributed by atoms with van der Waals surface area (Å²) in [7, 11) is -8.20. The van der Waals surface area contributed by atoms with Crippen LogP contribution in [0, 0.1) is 6.92 Å². The van der Waals surface area contributed by atoms with Gasteiger partial charge in [0.15, 0.2) is 0 Å². The number of hydrogen-bond donors (Lipinski definition) is 6. The van der Waals surface area contributed by atoms with Gasteiger partial charge in [0.05, 0.1) is 0 Å². The largest absolute Gasteiger partial charge is 0.417 e. The normalized spacial score (nSPS) is 10.9. The molecule has 7 rings (SSSR count). The van der Waals surface area contributed by atoms with Gasteiger partial charge in [0.1, 0.15) is 32.8 Å². The van der Waals surface area contributed by atoms with E-state index in [0.717, 1.165) is 0 Å². The average molecular weight is 943 g/mol. The average Bonchev–Trinajstić information content (AvgIpc) is 3.28. The van der Waals surface area contributed by atoms with Crippen molar-refractivity contribution >= 4 is 78.6 Å². The van der Waals surface area contributed by atoms with Crippen molar-refractivity contribution in [2.45, 2.75) is 16.7 Å². The number of urea groups is 2. The minimum Gasteiger partial charge on any atom is -0.410 e. The number of carbonyl (C=O) groups excluding carboxylic acids is 4. The first-order valence-electron chi connectivity index (χ1n) is 19.8. The number of aryl methyl sites for hydroxylation is 1. The van der Waals surface area contributed by atoms with Crippen LogP contribution in [0.4, 0.5) is 53.3 Å². The molecule has 6 N–H and O–H groups in total. The summed E-state index contributed by atoms with van der Waals surface area (Å²) in [6.07, 6.45) is -1.76. The lowest BCUT2D eigenvalue weighted by Crippen LogP contribution is -2.20. The standard InChI is InChI=1S/C47H38N6O12S2/c1-31-24-25-36(52-46(56)62-37-16-8-12-32(26-37)48-44(54)50-34-14-10-18-39(28-34)64-66(58,59)41-20-4-2-5-21-41)30-43(31)53-47(57)63-38-17-9-13-33(27-38)49-45(55)51-35-15-11-19-40(29-35)65-67(60,61)42-22-6-3-7-23-42/h2-30H,1H3,(H,52,56)(H,53,57)(H2,48,50,54)(H2,49,51,55). The molecule has 0 spiro atoms. The zero-order chi connectivity index (χ0) is 47.4. The van der Waals surface area contributed by atoms with Gasteiger partial charge in [-0.05, 0) is 97.4 Å². The summed E-state index contributed by atoms with van der Waals surface area (Å²) in [4.78, 5) is 51.5. The summed E-state index contributed by atoms with van der Waals surface area (Å²) in [5.41, 5.74) is 2.19. The second-order valence-electron chi connectivity index (χ2n) is 14.0. The molecule has 0 saturated carbocycles. The first-order valence-corrected chi connectivity index (χ1v) is 22.6. The van der Waals surface area contributed by atoms with Crippen molar-refractivity contribution in [2.24, 2.45) is 0 Å². The summed E-state index contributed by atoms with van der Waals surface area (Å²) in [6.45, 7) is 1.72. The minimum absolute atomic E-state index is 0.0176. The van der Waals surface area contributed by atoms with Gasteiger partial charge in [-0.3, -0.25) is 10.6 Å². The van der Waals surface area contributed by atoms with Crippen molar-refractivity contribution in [1.29, 1.82) is 0 Å². The van der Waals surface area contributed by atoms with Crippen LogP contribution in [0.15, 0.2) is 186 Å². The molecular weight excluding hydrogens is 905 g/mol. The Balaban J connectivity index is 0.882. The second-order valence-corrected chi connectivity index (χ2v) is 17.1. The molecule has 0 bridgehead atoms. The molecule has 0 radical (unpaired) electrons. The van der Waals surface area contributed by atoms with Gasteiger partial charge in [-0.15, -0.1) is 0 Å². The zero-order valence-corrected chi connectivity index (χ0v) is 36.6. The SMILES string of the molecule is Cc1ccc(NC(=O)Oc2cccc(NC(=O)Nc3cccc(OS(=O)(=O)c4ccccc4)c3)c2)cc1NC(=O)Oc1cccc(NC(=O)Nc2cccc(OS(=O)(=O)c3ccccc3)c2)c1. The zero-order valence-electron chi connectivity index (χ0n) is 35.0. The van der Waals surface area contributed by atoms with E-state index < -0.39 is 44.5 Å². The van der Waals surface area contributed by atoms with Gasteiger partial charge < -0.3 is 39.1 Å². The van der Waals surface area contributed by atoms with E-state index in [1.165, 1.54) is 103 Å². The van der Waals surface area contributed by atoms with Crippen molar-refractivity contribution in [3.8, 4) is 23.0 Å². The first-order chi connectivity index (χ1) is 32.2. The van der Waals surface area contributed by atoms with Crippen LogP contribution in [-0.4, -0.2) is 41.1 Å². The van der Waals surface area contributed by atoms with Crippen LogP contribution in [0.25, 0.3) is 0 Å². The van der Waals surface area contributed by atoms with Crippen LogP contribution in [0.2, 0.25) is 0 Å². The van der Waals surface area contributed by atoms with E-state index in [-0.39, 0.29) is 61.2 Å². The number of hydrogen-bond acceptors (Lipinski definition) is 12. The maximum atomic E-state index is 13.0. The lowest BCUT2D eigenvalue weighted by Gasteiger charge is -2.13. The highest BCUT2D eigenvalue weighted by molar-refractivity contribution is 7.87. The summed E-state index contributed by atoms with van der Waals surface area (Å²) in [6, 6.07) is 42.2. The van der Waals surface area contributed by atoms with Crippen LogP contribution < -0.4 is 49.7 Å². The van der Waals surface area contributed by atoms with Crippen LogP contribution in [0.5, 0.6) is 23.0 Å². The minimum atomic E-state index is -4.10. The highest BCUT2D eigenvalue weighted by Gasteiger charge is 2.19. The molecule has 0 atom stereocenters. The Morgan fingerprint density at radius 1 is 0.373 bits per heavy atom. The Morgan fingerprint density at radius 2 is 0.731 bits per heavy atom. The van der Waals surface area contributed by atoms with Gasteiger partial charge in [0, 0.05) is 58.4 Å². The Hall–Kier alpha value is -8.88. The predicted octanol–water partition coefficient (Wildman–Crippen LogP) is 10.0. The monoisotopic (exact) mass is 942 g/mol. The topological polar surface area (TPSA) is 246 Å². The van der Waals surface area contributed by atoms with Crippen molar-refractivity contribution in [3.05, 3.63) is 181 Å². The Kier molecular flexibility index (Phi) is 14.3. The molecule has 0 heterocycles. The first kappa shape index (κ1) is 46.1. The predicted molar refractivity (Wildman–Crippen MR) is 250 cm³/mol. The maximum absolute atomic E-state index is 13.0. The van der Waals surface area contributed by atoms with Crippen LogP contribution in [0.3, 0.4) is 0 Å².